The molecule has 2 N–H and O–H groups in total. The summed E-state index contributed by atoms with van der Waals surface area (Å²) in [6, 6.07) is 5.22. The Balaban J connectivity index is 1.65. The van der Waals surface area contributed by atoms with Crippen LogP contribution in [0.2, 0.25) is 0 Å². The molecular formula is C17H20N2O4S. The predicted octanol–water partition coefficient (Wildman–Crippen LogP) is 1.84. The van der Waals surface area contributed by atoms with E-state index in [0.717, 1.165) is 30.2 Å². The molecule has 1 saturated heterocycles. The van der Waals surface area contributed by atoms with E-state index in [4.69, 9.17) is 5.11 Å². The second-order valence-electron chi connectivity index (χ2n) is 6.21. The highest BCUT2D eigenvalue weighted by Gasteiger charge is 2.48. The Hall–Kier alpha value is -2.02. The molecule has 128 valence electrons. The molecule has 1 aliphatic heterocycles. The summed E-state index contributed by atoms with van der Waals surface area (Å²) >= 11 is 1.85. The van der Waals surface area contributed by atoms with Gasteiger partial charge in [0.15, 0.2) is 0 Å². The van der Waals surface area contributed by atoms with Crippen LogP contribution in [-0.2, 0) is 9.59 Å². The number of anilines is 1. The number of carbonyl (C=O) groups excluding carboxylic acids is 2. The molecule has 2 amide bonds. The molecule has 2 unspecified atom stereocenters. The number of hydrogen-bond donors (Lipinski definition) is 2. The minimum Gasteiger partial charge on any atom is -0.481 e. The van der Waals surface area contributed by atoms with Crippen LogP contribution in [0.5, 0.6) is 0 Å². The fraction of sp³-hybridized carbons (Fsp3) is 0.471. The van der Waals surface area contributed by atoms with Crippen molar-refractivity contribution in [2.45, 2.75) is 13.3 Å². The third-order valence-corrected chi connectivity index (χ3v) is 5.42. The summed E-state index contributed by atoms with van der Waals surface area (Å²) in [5.41, 5.74) is 2.04. The summed E-state index contributed by atoms with van der Waals surface area (Å²) < 4.78 is 0. The van der Waals surface area contributed by atoms with Gasteiger partial charge in [-0.1, -0.05) is 0 Å². The SMILES string of the molecule is Cc1cc(C(=O)N2CCSCC2)ccc1NC(=O)C1CC1C(=O)O. The molecule has 0 bridgehead atoms. The Bertz CT molecular complexity index is 685. The average Bonchev–Trinajstić information content (AvgIpc) is 3.38. The Morgan fingerprint density at radius 2 is 1.92 bits per heavy atom. The molecule has 1 heterocycles. The zero-order chi connectivity index (χ0) is 17.3. The van der Waals surface area contributed by atoms with Crippen LogP contribution in [0.15, 0.2) is 18.2 Å². The standard InChI is InChI=1S/C17H20N2O4S/c1-10-8-11(16(21)19-4-6-24-7-5-19)2-3-14(10)18-15(20)12-9-13(12)17(22)23/h2-3,8,12-13H,4-7,9H2,1H3,(H,18,20)(H,22,23). The molecule has 24 heavy (non-hydrogen) atoms. The molecule has 7 heteroatoms. The van der Waals surface area contributed by atoms with E-state index in [-0.39, 0.29) is 11.8 Å². The van der Waals surface area contributed by atoms with Crippen molar-refractivity contribution in [3.8, 4) is 0 Å². The number of hydrogen-bond acceptors (Lipinski definition) is 4. The number of carboxylic acid groups (broad SMARTS) is 1. The summed E-state index contributed by atoms with van der Waals surface area (Å²) in [4.78, 5) is 37.2. The summed E-state index contributed by atoms with van der Waals surface area (Å²) in [7, 11) is 0. The number of nitrogens with zero attached hydrogens (tertiary/aromatic N) is 1. The lowest BCUT2D eigenvalue weighted by Crippen LogP contribution is -2.37. The quantitative estimate of drug-likeness (QED) is 0.867. The first-order chi connectivity index (χ1) is 11.5. The molecule has 1 aliphatic carbocycles. The summed E-state index contributed by atoms with van der Waals surface area (Å²) in [5, 5.41) is 11.7. The molecule has 0 aromatic heterocycles. The number of amides is 2. The molecule has 0 radical (unpaired) electrons. The normalized spacial score (nSPS) is 22.8. The second-order valence-corrected chi connectivity index (χ2v) is 7.44. The largest absolute Gasteiger partial charge is 0.481 e. The van der Waals surface area contributed by atoms with Crippen molar-refractivity contribution < 1.29 is 19.5 Å². The molecule has 2 fully saturated rings. The number of rotatable bonds is 4. The van der Waals surface area contributed by atoms with E-state index >= 15 is 0 Å². The van der Waals surface area contributed by atoms with Crippen LogP contribution < -0.4 is 5.32 Å². The van der Waals surface area contributed by atoms with E-state index in [1.165, 1.54) is 0 Å². The number of benzene rings is 1. The van der Waals surface area contributed by atoms with Crippen LogP contribution in [0.1, 0.15) is 22.3 Å². The highest BCUT2D eigenvalue weighted by Crippen LogP contribution is 2.39. The Morgan fingerprint density at radius 1 is 1.21 bits per heavy atom. The predicted molar refractivity (Wildman–Crippen MR) is 92.3 cm³/mol. The van der Waals surface area contributed by atoms with Gasteiger partial charge in [0.05, 0.1) is 11.8 Å². The minimum absolute atomic E-state index is 0.0180. The number of thioether (sulfide) groups is 1. The minimum atomic E-state index is -0.924. The third-order valence-electron chi connectivity index (χ3n) is 4.47. The first-order valence-electron chi connectivity index (χ1n) is 7.98. The highest BCUT2D eigenvalue weighted by molar-refractivity contribution is 7.99. The maximum atomic E-state index is 12.5. The van der Waals surface area contributed by atoms with E-state index in [0.29, 0.717) is 17.7 Å². The van der Waals surface area contributed by atoms with Crippen molar-refractivity contribution in [1.82, 2.24) is 4.90 Å². The monoisotopic (exact) mass is 348 g/mol. The van der Waals surface area contributed by atoms with Crippen molar-refractivity contribution >= 4 is 35.2 Å². The topological polar surface area (TPSA) is 86.7 Å². The number of aliphatic carboxylic acids is 1. The van der Waals surface area contributed by atoms with E-state index in [1.807, 2.05) is 23.6 Å². The molecule has 2 aliphatic rings. The zero-order valence-electron chi connectivity index (χ0n) is 13.4. The molecule has 1 aromatic rings. The van der Waals surface area contributed by atoms with Gasteiger partial charge < -0.3 is 15.3 Å². The van der Waals surface area contributed by atoms with E-state index in [2.05, 4.69) is 5.32 Å². The van der Waals surface area contributed by atoms with Gasteiger partial charge in [-0.3, -0.25) is 14.4 Å². The van der Waals surface area contributed by atoms with Gasteiger partial charge in [-0.15, -0.1) is 0 Å². The Morgan fingerprint density at radius 3 is 2.50 bits per heavy atom. The molecule has 1 aromatic carbocycles. The molecule has 1 saturated carbocycles. The number of nitrogens with one attached hydrogen (secondary N) is 1. The van der Waals surface area contributed by atoms with E-state index in [1.54, 1.807) is 18.2 Å². The Kier molecular flexibility index (Phi) is 4.80. The summed E-state index contributed by atoms with van der Waals surface area (Å²) in [5.74, 6) is -0.262. The lowest BCUT2D eigenvalue weighted by Gasteiger charge is -2.26. The molecule has 3 rings (SSSR count). The van der Waals surface area contributed by atoms with Crippen LogP contribution in [-0.4, -0.2) is 52.4 Å². The van der Waals surface area contributed by atoms with E-state index < -0.39 is 17.8 Å². The van der Waals surface area contributed by atoms with Crippen LogP contribution in [0.3, 0.4) is 0 Å². The van der Waals surface area contributed by atoms with Crippen LogP contribution in [0.4, 0.5) is 5.69 Å². The number of carboxylic acids is 1. The first kappa shape index (κ1) is 16.8. The lowest BCUT2D eigenvalue weighted by molar-refractivity contribution is -0.139. The summed E-state index contributed by atoms with van der Waals surface area (Å²) in [6.45, 7) is 3.36. The van der Waals surface area contributed by atoms with Crippen molar-refractivity contribution in [3.63, 3.8) is 0 Å². The van der Waals surface area contributed by atoms with Gasteiger partial charge in [0.2, 0.25) is 5.91 Å². The molecule has 0 spiro atoms. The summed E-state index contributed by atoms with van der Waals surface area (Å²) in [6.07, 6.45) is 0.393. The van der Waals surface area contributed by atoms with Gasteiger partial charge in [-0.2, -0.15) is 11.8 Å². The smallest absolute Gasteiger partial charge is 0.307 e. The van der Waals surface area contributed by atoms with Crippen molar-refractivity contribution in [2.24, 2.45) is 11.8 Å². The molecule has 6 nitrogen and oxygen atoms in total. The van der Waals surface area contributed by atoms with Gasteiger partial charge in [0, 0.05) is 35.8 Å². The van der Waals surface area contributed by atoms with Crippen LogP contribution in [0, 0.1) is 18.8 Å². The van der Waals surface area contributed by atoms with E-state index in [9.17, 15) is 14.4 Å². The maximum absolute atomic E-state index is 12.5. The third kappa shape index (κ3) is 3.56. The van der Waals surface area contributed by atoms with Gasteiger partial charge in [-0.05, 0) is 37.1 Å². The van der Waals surface area contributed by atoms with Crippen LogP contribution in [0.25, 0.3) is 0 Å². The van der Waals surface area contributed by atoms with Crippen molar-refractivity contribution in [2.75, 3.05) is 29.9 Å². The fourth-order valence-electron chi connectivity index (χ4n) is 2.87. The Labute approximate surface area is 144 Å². The maximum Gasteiger partial charge on any atom is 0.307 e. The first-order valence-corrected chi connectivity index (χ1v) is 9.14. The number of carbonyl (C=O) groups is 3. The molecule has 2 atom stereocenters. The van der Waals surface area contributed by atoms with Crippen LogP contribution >= 0.6 is 11.8 Å². The van der Waals surface area contributed by atoms with Gasteiger partial charge in [-0.25, -0.2) is 0 Å². The van der Waals surface area contributed by atoms with Gasteiger partial charge >= 0.3 is 5.97 Å². The van der Waals surface area contributed by atoms with Crippen molar-refractivity contribution in [1.29, 1.82) is 0 Å². The molecular weight excluding hydrogens is 328 g/mol. The number of aryl methyl sites for hydroxylation is 1. The highest BCUT2D eigenvalue weighted by atomic mass is 32.2. The van der Waals surface area contributed by atoms with Crippen molar-refractivity contribution in [3.05, 3.63) is 29.3 Å². The van der Waals surface area contributed by atoms with Gasteiger partial charge in [0.25, 0.3) is 5.91 Å². The fourth-order valence-corrected chi connectivity index (χ4v) is 3.77. The second kappa shape index (κ2) is 6.84. The lowest BCUT2D eigenvalue weighted by atomic mass is 10.1. The average molecular weight is 348 g/mol. The zero-order valence-corrected chi connectivity index (χ0v) is 14.3. The van der Waals surface area contributed by atoms with Gasteiger partial charge in [0.1, 0.15) is 0 Å².